The van der Waals surface area contributed by atoms with Crippen molar-refractivity contribution in [2.75, 3.05) is 6.26 Å². The molecule has 4 nitrogen and oxygen atoms in total. The summed E-state index contributed by atoms with van der Waals surface area (Å²) in [5.74, 6) is 0. The average Bonchev–Trinajstić information content (AvgIpc) is 2.33. The summed E-state index contributed by atoms with van der Waals surface area (Å²) in [6.07, 6.45) is 1.81. The van der Waals surface area contributed by atoms with Crippen LogP contribution >= 0.6 is 23.4 Å². The van der Waals surface area contributed by atoms with E-state index in [-0.39, 0.29) is 5.17 Å². The van der Waals surface area contributed by atoms with Gasteiger partial charge in [0.25, 0.3) is 0 Å². The molecule has 0 aromatic carbocycles. The van der Waals surface area contributed by atoms with Gasteiger partial charge in [-0.05, 0) is 16.6 Å². The number of aromatic nitrogens is 2. The van der Waals surface area contributed by atoms with Crippen LogP contribution in [0.15, 0.2) is 9.65 Å². The van der Waals surface area contributed by atoms with Crippen LogP contribution in [0.4, 0.5) is 0 Å². The molecule has 1 aromatic rings. The maximum atomic E-state index is 6.99. The summed E-state index contributed by atoms with van der Waals surface area (Å²) in [5, 5.41) is 14.3. The number of nitrogens with zero attached hydrogens (tertiary/aromatic N) is 2. The zero-order valence-corrected chi connectivity index (χ0v) is 6.66. The van der Waals surface area contributed by atoms with Crippen LogP contribution in [0.5, 0.6) is 0 Å². The normalized spacial score (nSPS) is 9.80. The second-order valence-electron chi connectivity index (χ2n) is 1.44. The number of halogens is 1. The third kappa shape index (κ3) is 1.30. The second-order valence-corrected chi connectivity index (χ2v) is 2.61. The van der Waals surface area contributed by atoms with Gasteiger partial charge in [0.15, 0.2) is 15.9 Å². The summed E-state index contributed by atoms with van der Waals surface area (Å²) in [6, 6.07) is 0. The molecule has 0 saturated heterocycles. The maximum absolute atomic E-state index is 6.99. The van der Waals surface area contributed by atoms with Crippen LogP contribution in [0.3, 0.4) is 0 Å². The molecule has 0 atom stereocenters. The third-order valence-corrected chi connectivity index (χ3v) is 1.69. The standard InChI is InChI=1S/C4H4ClN3OS/c1-10-4-2(3(5)6)7-9-8-4/h6H,1H3. The number of hydrogen-bond donors (Lipinski definition) is 1. The first-order valence-electron chi connectivity index (χ1n) is 2.36. The largest absolute Gasteiger partial charge is 0.287 e. The quantitative estimate of drug-likeness (QED) is 0.547. The summed E-state index contributed by atoms with van der Waals surface area (Å²) in [4.78, 5) is 0. The maximum Gasteiger partial charge on any atom is 0.178 e. The summed E-state index contributed by atoms with van der Waals surface area (Å²) in [6.45, 7) is 0. The van der Waals surface area contributed by atoms with Crippen molar-refractivity contribution in [1.29, 1.82) is 5.41 Å². The van der Waals surface area contributed by atoms with E-state index in [0.717, 1.165) is 0 Å². The van der Waals surface area contributed by atoms with Gasteiger partial charge in [0.1, 0.15) is 0 Å². The van der Waals surface area contributed by atoms with E-state index >= 15 is 0 Å². The number of nitrogens with one attached hydrogen (secondary N) is 1. The minimum atomic E-state index is -0.148. The van der Waals surface area contributed by atoms with E-state index < -0.39 is 0 Å². The van der Waals surface area contributed by atoms with Gasteiger partial charge in [-0.3, -0.25) is 5.41 Å². The van der Waals surface area contributed by atoms with Crippen LogP contribution < -0.4 is 0 Å². The molecule has 0 fully saturated rings. The zero-order valence-electron chi connectivity index (χ0n) is 5.09. The first-order valence-corrected chi connectivity index (χ1v) is 3.97. The molecule has 0 aliphatic carbocycles. The minimum Gasteiger partial charge on any atom is -0.287 e. The molecule has 6 heteroatoms. The summed E-state index contributed by atoms with van der Waals surface area (Å²) >= 11 is 6.67. The van der Waals surface area contributed by atoms with Gasteiger partial charge in [0.2, 0.25) is 0 Å². The molecule has 0 spiro atoms. The molecule has 0 aliphatic heterocycles. The summed E-state index contributed by atoms with van der Waals surface area (Å²) < 4.78 is 4.35. The lowest BCUT2D eigenvalue weighted by Gasteiger charge is -1.86. The minimum absolute atomic E-state index is 0.148. The molecule has 1 N–H and O–H groups in total. The van der Waals surface area contributed by atoms with Gasteiger partial charge < -0.3 is 0 Å². The van der Waals surface area contributed by atoms with Crippen LogP contribution in [0.2, 0.25) is 0 Å². The highest BCUT2D eigenvalue weighted by atomic mass is 35.5. The van der Waals surface area contributed by atoms with Gasteiger partial charge in [-0.25, -0.2) is 4.63 Å². The van der Waals surface area contributed by atoms with Crippen molar-refractivity contribution in [3.05, 3.63) is 5.69 Å². The molecule has 0 bridgehead atoms. The first kappa shape index (κ1) is 7.56. The van der Waals surface area contributed by atoms with Gasteiger partial charge in [-0.2, -0.15) is 0 Å². The van der Waals surface area contributed by atoms with Crippen molar-refractivity contribution in [2.45, 2.75) is 5.03 Å². The Kier molecular flexibility index (Phi) is 2.29. The molecule has 1 rings (SSSR count). The SMILES string of the molecule is CSc1nonc1C(=N)Cl. The highest BCUT2D eigenvalue weighted by molar-refractivity contribution is 7.98. The van der Waals surface area contributed by atoms with Crippen molar-refractivity contribution >= 4 is 28.5 Å². The summed E-state index contributed by atoms with van der Waals surface area (Å²) in [5.41, 5.74) is 0.300. The number of rotatable bonds is 2. The van der Waals surface area contributed by atoms with Crippen LogP contribution in [0.1, 0.15) is 5.69 Å². The Bertz CT molecular complexity index is 248. The number of thioether (sulfide) groups is 1. The topological polar surface area (TPSA) is 62.8 Å². The first-order chi connectivity index (χ1) is 4.75. The van der Waals surface area contributed by atoms with Gasteiger partial charge in [-0.15, -0.1) is 11.8 Å². The Morgan fingerprint density at radius 1 is 1.70 bits per heavy atom. The Labute approximate surface area is 66.4 Å². The van der Waals surface area contributed by atoms with E-state index in [1.807, 2.05) is 6.26 Å². The predicted octanol–water partition coefficient (Wildman–Crippen LogP) is 1.36. The molecule has 1 heterocycles. The van der Waals surface area contributed by atoms with Gasteiger partial charge >= 0.3 is 0 Å². The second kappa shape index (κ2) is 3.03. The Morgan fingerprint density at radius 2 is 2.40 bits per heavy atom. The van der Waals surface area contributed by atoms with E-state index in [1.165, 1.54) is 11.8 Å². The van der Waals surface area contributed by atoms with Gasteiger partial charge in [-0.1, -0.05) is 11.6 Å². The van der Waals surface area contributed by atoms with Crippen LogP contribution in [-0.4, -0.2) is 21.7 Å². The molecule has 10 heavy (non-hydrogen) atoms. The molecule has 0 radical (unpaired) electrons. The van der Waals surface area contributed by atoms with Crippen LogP contribution in [0, 0.1) is 5.41 Å². The average molecular weight is 178 g/mol. The lowest BCUT2D eigenvalue weighted by Crippen LogP contribution is -1.90. The van der Waals surface area contributed by atoms with E-state index in [4.69, 9.17) is 17.0 Å². The Morgan fingerprint density at radius 3 is 2.80 bits per heavy atom. The zero-order chi connectivity index (χ0) is 7.56. The third-order valence-electron chi connectivity index (χ3n) is 0.860. The van der Waals surface area contributed by atoms with E-state index in [1.54, 1.807) is 0 Å². The van der Waals surface area contributed by atoms with Crippen LogP contribution in [-0.2, 0) is 0 Å². The van der Waals surface area contributed by atoms with Crippen LogP contribution in [0.25, 0.3) is 0 Å². The molecule has 54 valence electrons. The Balaban J connectivity index is 3.01. The van der Waals surface area contributed by atoms with E-state index in [0.29, 0.717) is 10.7 Å². The van der Waals surface area contributed by atoms with Gasteiger partial charge in [0.05, 0.1) is 0 Å². The smallest absolute Gasteiger partial charge is 0.178 e. The van der Waals surface area contributed by atoms with Crippen molar-refractivity contribution in [1.82, 2.24) is 10.3 Å². The van der Waals surface area contributed by atoms with Gasteiger partial charge in [0, 0.05) is 0 Å². The van der Waals surface area contributed by atoms with E-state index in [2.05, 4.69) is 14.9 Å². The fraction of sp³-hybridized carbons (Fsp3) is 0.250. The summed E-state index contributed by atoms with van der Waals surface area (Å²) in [7, 11) is 0. The molecular weight excluding hydrogens is 174 g/mol. The lowest BCUT2D eigenvalue weighted by atomic mass is 10.5. The Hall–Kier alpha value is -0.550. The predicted molar refractivity (Wildman–Crippen MR) is 38.8 cm³/mol. The highest BCUT2D eigenvalue weighted by Gasteiger charge is 2.11. The lowest BCUT2D eigenvalue weighted by molar-refractivity contribution is 0.298. The molecule has 0 saturated carbocycles. The monoisotopic (exact) mass is 177 g/mol. The molecule has 0 unspecified atom stereocenters. The number of hydrogen-bond acceptors (Lipinski definition) is 5. The molecule has 0 aliphatic rings. The van der Waals surface area contributed by atoms with Crippen molar-refractivity contribution in [2.24, 2.45) is 0 Å². The highest BCUT2D eigenvalue weighted by Crippen LogP contribution is 2.16. The fourth-order valence-corrected chi connectivity index (χ4v) is 1.07. The van der Waals surface area contributed by atoms with Crippen molar-refractivity contribution in [3.8, 4) is 0 Å². The fourth-order valence-electron chi connectivity index (χ4n) is 0.448. The van der Waals surface area contributed by atoms with Crippen molar-refractivity contribution in [3.63, 3.8) is 0 Å². The van der Waals surface area contributed by atoms with Crippen molar-refractivity contribution < 1.29 is 4.63 Å². The molecule has 0 amide bonds. The molecular formula is C4H4ClN3OS. The molecule has 1 aromatic heterocycles. The van der Waals surface area contributed by atoms with E-state index in [9.17, 15) is 0 Å².